The van der Waals surface area contributed by atoms with Crippen LogP contribution in [-0.4, -0.2) is 62.3 Å². The van der Waals surface area contributed by atoms with E-state index in [1.165, 1.54) is 13.4 Å². The van der Waals surface area contributed by atoms with Gasteiger partial charge in [0.15, 0.2) is 11.2 Å². The summed E-state index contributed by atoms with van der Waals surface area (Å²) >= 11 is 0. The van der Waals surface area contributed by atoms with Crippen molar-refractivity contribution in [3.05, 3.63) is 16.7 Å². The molecular formula is C11H18N5O7P. The fourth-order valence-electron chi connectivity index (χ4n) is 1.96. The van der Waals surface area contributed by atoms with Gasteiger partial charge >= 0.3 is 7.82 Å². The van der Waals surface area contributed by atoms with Gasteiger partial charge in [-0.05, 0) is 0 Å². The minimum Gasteiger partial charge on any atom is -0.382 e. The lowest BCUT2D eigenvalue weighted by atomic mass is 10.4. The topological polar surface area (TPSA) is 175 Å². The second-order valence-electron chi connectivity index (χ2n) is 4.80. The molecule has 2 aromatic heterocycles. The van der Waals surface area contributed by atoms with E-state index in [1.54, 1.807) is 4.57 Å². The van der Waals surface area contributed by atoms with Gasteiger partial charge in [-0.2, -0.15) is 4.98 Å². The summed E-state index contributed by atoms with van der Waals surface area (Å²) in [6.07, 6.45) is 0.756. The van der Waals surface area contributed by atoms with E-state index in [1.807, 2.05) is 0 Å². The highest BCUT2D eigenvalue weighted by Gasteiger charge is 2.19. The van der Waals surface area contributed by atoms with E-state index in [-0.39, 0.29) is 31.3 Å². The molecule has 2 heterocycles. The van der Waals surface area contributed by atoms with Crippen molar-refractivity contribution in [2.75, 3.05) is 32.7 Å². The van der Waals surface area contributed by atoms with Crippen LogP contribution in [-0.2, 0) is 25.1 Å². The average Bonchev–Trinajstić information content (AvgIpc) is 2.87. The molecule has 134 valence electrons. The molecule has 0 radical (unpaired) electrons. The first-order chi connectivity index (χ1) is 11.3. The van der Waals surface area contributed by atoms with Gasteiger partial charge in [-0.25, -0.2) is 9.55 Å². The van der Waals surface area contributed by atoms with Gasteiger partial charge in [0.05, 0.1) is 26.1 Å². The van der Waals surface area contributed by atoms with Crippen LogP contribution in [0.3, 0.4) is 0 Å². The largest absolute Gasteiger partial charge is 0.469 e. The van der Waals surface area contributed by atoms with Gasteiger partial charge in [0.25, 0.3) is 5.56 Å². The van der Waals surface area contributed by atoms with Gasteiger partial charge < -0.3 is 29.6 Å². The number of nitrogens with one attached hydrogen (secondary N) is 1. The molecule has 13 heteroatoms. The molecule has 0 fully saturated rings. The Labute approximate surface area is 135 Å². The first-order valence-corrected chi connectivity index (χ1v) is 8.34. The molecule has 0 spiro atoms. The Balaban J connectivity index is 1.97. The number of nitrogens with two attached hydrogens (primary N) is 1. The Morgan fingerprint density at radius 1 is 1.46 bits per heavy atom. The maximum Gasteiger partial charge on any atom is 0.469 e. The standard InChI is InChI=1S/C11H18N5O7P/c1-21-4-7(5-23-24(18,19)20)22-3-2-16-6-13-8-9(16)14-11(12)15-10(8)17/h6-7H,2-5H2,1H3,(H2,18,19,20)(H3,12,14,15,17). The van der Waals surface area contributed by atoms with Gasteiger partial charge in [-0.1, -0.05) is 0 Å². The SMILES string of the molecule is COCC(COP(=O)(O)O)OCCn1cnc2c(=O)[nH]c(N)nc21. The summed E-state index contributed by atoms with van der Waals surface area (Å²) in [7, 11) is -3.15. The lowest BCUT2D eigenvalue weighted by Crippen LogP contribution is -2.26. The number of phosphoric acid groups is 1. The Kier molecular flexibility index (Phi) is 6.04. The maximum absolute atomic E-state index is 11.7. The highest BCUT2D eigenvalue weighted by Crippen LogP contribution is 2.35. The minimum atomic E-state index is -4.58. The van der Waals surface area contributed by atoms with Crippen LogP contribution in [0.5, 0.6) is 0 Å². The summed E-state index contributed by atoms with van der Waals surface area (Å²) in [5.41, 5.74) is 5.53. The summed E-state index contributed by atoms with van der Waals surface area (Å²) in [5, 5.41) is 0. The zero-order valence-electron chi connectivity index (χ0n) is 12.8. The van der Waals surface area contributed by atoms with Crippen molar-refractivity contribution in [1.82, 2.24) is 19.5 Å². The number of aromatic amines is 1. The van der Waals surface area contributed by atoms with E-state index in [2.05, 4.69) is 19.5 Å². The molecule has 0 aromatic carbocycles. The van der Waals surface area contributed by atoms with E-state index >= 15 is 0 Å². The van der Waals surface area contributed by atoms with Crippen molar-refractivity contribution in [2.24, 2.45) is 0 Å². The molecule has 2 aromatic rings. The fraction of sp³-hybridized carbons (Fsp3) is 0.545. The number of nitrogen functional groups attached to an aromatic ring is 1. The third-order valence-electron chi connectivity index (χ3n) is 2.96. The number of aromatic nitrogens is 4. The zero-order chi connectivity index (χ0) is 17.7. The van der Waals surface area contributed by atoms with Gasteiger partial charge in [-0.15, -0.1) is 0 Å². The molecule has 2 rings (SSSR count). The molecule has 0 saturated carbocycles. The molecular weight excluding hydrogens is 345 g/mol. The van der Waals surface area contributed by atoms with Crippen molar-refractivity contribution in [2.45, 2.75) is 12.6 Å². The third kappa shape index (κ3) is 5.09. The van der Waals surface area contributed by atoms with Crippen molar-refractivity contribution in [3.8, 4) is 0 Å². The quantitative estimate of drug-likeness (QED) is 0.398. The normalized spacial score (nSPS) is 13.5. The summed E-state index contributed by atoms with van der Waals surface area (Å²) in [5.74, 6) is -0.0255. The fourth-order valence-corrected chi connectivity index (χ4v) is 2.32. The van der Waals surface area contributed by atoms with Gasteiger partial charge in [0.1, 0.15) is 6.10 Å². The van der Waals surface area contributed by atoms with E-state index in [0.717, 1.165) is 0 Å². The Bertz CT molecular complexity index is 785. The molecule has 0 aliphatic heterocycles. The van der Waals surface area contributed by atoms with Crippen LogP contribution in [0.25, 0.3) is 11.2 Å². The van der Waals surface area contributed by atoms with E-state index in [0.29, 0.717) is 12.2 Å². The van der Waals surface area contributed by atoms with E-state index in [4.69, 9.17) is 25.0 Å². The number of nitrogens with zero attached hydrogens (tertiary/aromatic N) is 3. The predicted molar refractivity (Wildman–Crippen MR) is 82.2 cm³/mol. The molecule has 0 aliphatic carbocycles. The Morgan fingerprint density at radius 2 is 2.21 bits per heavy atom. The highest BCUT2D eigenvalue weighted by molar-refractivity contribution is 7.46. The number of methoxy groups -OCH3 is 1. The van der Waals surface area contributed by atoms with Crippen LogP contribution in [0.2, 0.25) is 0 Å². The summed E-state index contributed by atoms with van der Waals surface area (Å²) in [4.78, 5) is 39.4. The van der Waals surface area contributed by atoms with Gasteiger partial charge in [0, 0.05) is 13.7 Å². The van der Waals surface area contributed by atoms with Gasteiger partial charge in [0.2, 0.25) is 5.95 Å². The number of phosphoric ester groups is 1. The van der Waals surface area contributed by atoms with Crippen LogP contribution in [0, 0.1) is 0 Å². The van der Waals surface area contributed by atoms with E-state index in [9.17, 15) is 9.36 Å². The molecule has 0 aliphatic rings. The Hall–Kier alpha value is -1.82. The van der Waals surface area contributed by atoms with Crippen LogP contribution >= 0.6 is 7.82 Å². The van der Waals surface area contributed by atoms with Crippen molar-refractivity contribution in [1.29, 1.82) is 0 Å². The van der Waals surface area contributed by atoms with Crippen LogP contribution < -0.4 is 11.3 Å². The summed E-state index contributed by atoms with van der Waals surface area (Å²) in [6, 6.07) is 0. The number of rotatable bonds is 9. The van der Waals surface area contributed by atoms with Crippen molar-refractivity contribution >= 4 is 24.9 Å². The van der Waals surface area contributed by atoms with Gasteiger partial charge in [-0.3, -0.25) is 14.3 Å². The number of imidazole rings is 1. The maximum atomic E-state index is 11.7. The molecule has 12 nitrogen and oxygen atoms in total. The minimum absolute atomic E-state index is 0.0255. The highest BCUT2D eigenvalue weighted by atomic mass is 31.2. The van der Waals surface area contributed by atoms with Crippen LogP contribution in [0.1, 0.15) is 0 Å². The molecule has 1 unspecified atom stereocenters. The van der Waals surface area contributed by atoms with Crippen LogP contribution in [0.4, 0.5) is 5.95 Å². The first kappa shape index (κ1) is 18.5. The van der Waals surface area contributed by atoms with Crippen LogP contribution in [0.15, 0.2) is 11.1 Å². The van der Waals surface area contributed by atoms with Crippen molar-refractivity contribution in [3.63, 3.8) is 0 Å². The monoisotopic (exact) mass is 363 g/mol. The van der Waals surface area contributed by atoms with E-state index < -0.39 is 19.5 Å². The Morgan fingerprint density at radius 3 is 2.88 bits per heavy atom. The number of ether oxygens (including phenoxy) is 2. The molecule has 24 heavy (non-hydrogen) atoms. The predicted octanol–water partition coefficient (Wildman–Crippen LogP) is -1.16. The smallest absolute Gasteiger partial charge is 0.382 e. The number of hydrogen-bond donors (Lipinski definition) is 4. The average molecular weight is 363 g/mol. The lowest BCUT2D eigenvalue weighted by Gasteiger charge is -2.17. The summed E-state index contributed by atoms with van der Waals surface area (Å²) in [6.45, 7) is 0.212. The number of H-pyrrole nitrogens is 1. The van der Waals surface area contributed by atoms with Crippen molar-refractivity contribution < 1.29 is 28.3 Å². The summed E-state index contributed by atoms with van der Waals surface area (Å²) < 4.78 is 27.1. The first-order valence-electron chi connectivity index (χ1n) is 6.81. The second kappa shape index (κ2) is 7.83. The second-order valence-corrected chi connectivity index (χ2v) is 6.04. The number of hydrogen-bond acceptors (Lipinski definition) is 8. The molecule has 0 amide bonds. The molecule has 1 atom stereocenters. The number of fused-ring (bicyclic) bond motifs is 1. The molecule has 5 N–H and O–H groups in total. The lowest BCUT2D eigenvalue weighted by molar-refractivity contribution is -0.0326. The third-order valence-corrected chi connectivity index (χ3v) is 3.45. The molecule has 0 bridgehead atoms. The zero-order valence-corrected chi connectivity index (χ0v) is 13.7. The number of anilines is 1. The molecule has 0 saturated heterocycles.